The highest BCUT2D eigenvalue weighted by Crippen LogP contribution is 2.09. The number of unbranched alkanes of at least 4 members (excludes halogenated alkanes) is 1. The number of carbonyl (C=O) groups is 2. The molecular weight excluding hydrogens is 230 g/mol. The highest BCUT2D eigenvalue weighted by Gasteiger charge is 2.03. The van der Waals surface area contributed by atoms with E-state index in [1.807, 2.05) is 0 Å². The molecule has 18 heavy (non-hydrogen) atoms. The molecule has 0 fully saturated rings. The molecule has 1 rings (SSSR count). The Morgan fingerprint density at radius 2 is 2.11 bits per heavy atom. The lowest BCUT2D eigenvalue weighted by atomic mass is 10.2. The van der Waals surface area contributed by atoms with Gasteiger partial charge in [0, 0.05) is 17.8 Å². The lowest BCUT2D eigenvalue weighted by Crippen LogP contribution is -2.30. The number of primary amides is 1. The number of nitrogens with one attached hydrogen (secondary N) is 2. The molecular formula is C13H19N3O2. The Morgan fingerprint density at radius 1 is 1.33 bits per heavy atom. The minimum Gasteiger partial charge on any atom is -0.376 e. The Bertz CT molecular complexity index is 418. The molecule has 4 N–H and O–H groups in total. The predicted octanol–water partition coefficient (Wildman–Crippen LogP) is 1.11. The van der Waals surface area contributed by atoms with E-state index in [4.69, 9.17) is 5.73 Å². The SMILES string of the molecule is CCCCNC(=O)CNc1cccc(C(N)=O)c1. The van der Waals surface area contributed by atoms with Crippen molar-refractivity contribution in [2.75, 3.05) is 18.4 Å². The second kappa shape index (κ2) is 7.32. The molecule has 0 aliphatic heterocycles. The molecule has 1 aromatic rings. The molecule has 0 saturated carbocycles. The Labute approximate surface area is 107 Å². The second-order valence-corrected chi connectivity index (χ2v) is 4.00. The third kappa shape index (κ3) is 4.86. The van der Waals surface area contributed by atoms with Gasteiger partial charge in [-0.25, -0.2) is 0 Å². The average molecular weight is 249 g/mol. The highest BCUT2D eigenvalue weighted by molar-refractivity contribution is 5.93. The van der Waals surface area contributed by atoms with Crippen molar-refractivity contribution in [3.05, 3.63) is 29.8 Å². The van der Waals surface area contributed by atoms with Crippen LogP contribution >= 0.6 is 0 Å². The van der Waals surface area contributed by atoms with Gasteiger partial charge >= 0.3 is 0 Å². The summed E-state index contributed by atoms with van der Waals surface area (Å²) in [5.41, 5.74) is 6.30. The van der Waals surface area contributed by atoms with Gasteiger partial charge in [-0.15, -0.1) is 0 Å². The summed E-state index contributed by atoms with van der Waals surface area (Å²) in [6.07, 6.45) is 2.03. The van der Waals surface area contributed by atoms with Crippen molar-refractivity contribution in [1.82, 2.24) is 5.32 Å². The number of amides is 2. The van der Waals surface area contributed by atoms with Gasteiger partial charge in [-0.05, 0) is 24.6 Å². The van der Waals surface area contributed by atoms with E-state index in [0.29, 0.717) is 17.8 Å². The third-order valence-corrected chi connectivity index (χ3v) is 2.45. The molecule has 5 nitrogen and oxygen atoms in total. The maximum Gasteiger partial charge on any atom is 0.248 e. The minimum absolute atomic E-state index is 0.0621. The summed E-state index contributed by atoms with van der Waals surface area (Å²) in [6.45, 7) is 2.95. The van der Waals surface area contributed by atoms with Gasteiger partial charge in [0.15, 0.2) is 0 Å². The molecule has 1 aromatic carbocycles. The van der Waals surface area contributed by atoms with E-state index < -0.39 is 5.91 Å². The maximum atomic E-state index is 11.4. The number of anilines is 1. The summed E-state index contributed by atoms with van der Waals surface area (Å²) in [7, 11) is 0. The molecule has 0 saturated heterocycles. The van der Waals surface area contributed by atoms with Crippen molar-refractivity contribution in [2.24, 2.45) is 5.73 Å². The van der Waals surface area contributed by atoms with E-state index in [2.05, 4.69) is 17.6 Å². The maximum absolute atomic E-state index is 11.4. The van der Waals surface area contributed by atoms with Crippen LogP contribution in [0.15, 0.2) is 24.3 Å². The van der Waals surface area contributed by atoms with Gasteiger partial charge in [0.2, 0.25) is 11.8 Å². The first-order valence-electron chi connectivity index (χ1n) is 6.04. The highest BCUT2D eigenvalue weighted by atomic mass is 16.2. The van der Waals surface area contributed by atoms with E-state index in [-0.39, 0.29) is 12.5 Å². The molecule has 0 atom stereocenters. The fourth-order valence-electron chi connectivity index (χ4n) is 1.43. The first-order chi connectivity index (χ1) is 8.63. The smallest absolute Gasteiger partial charge is 0.248 e. The van der Waals surface area contributed by atoms with Crippen molar-refractivity contribution in [3.63, 3.8) is 0 Å². The summed E-state index contributed by atoms with van der Waals surface area (Å²) in [4.78, 5) is 22.4. The van der Waals surface area contributed by atoms with Crippen molar-refractivity contribution < 1.29 is 9.59 Å². The molecule has 0 aliphatic rings. The van der Waals surface area contributed by atoms with E-state index in [1.165, 1.54) is 0 Å². The van der Waals surface area contributed by atoms with Crippen LogP contribution < -0.4 is 16.4 Å². The molecule has 98 valence electrons. The van der Waals surface area contributed by atoms with Gasteiger partial charge < -0.3 is 16.4 Å². The van der Waals surface area contributed by atoms with E-state index in [0.717, 1.165) is 12.8 Å². The zero-order chi connectivity index (χ0) is 13.4. The monoisotopic (exact) mass is 249 g/mol. The number of hydrogen-bond acceptors (Lipinski definition) is 3. The summed E-state index contributed by atoms with van der Waals surface area (Å²) in [5.74, 6) is -0.543. The first-order valence-corrected chi connectivity index (χ1v) is 6.04. The van der Waals surface area contributed by atoms with Crippen molar-refractivity contribution in [2.45, 2.75) is 19.8 Å². The molecule has 2 amide bonds. The summed E-state index contributed by atoms with van der Waals surface area (Å²) >= 11 is 0. The van der Waals surface area contributed by atoms with E-state index in [1.54, 1.807) is 24.3 Å². The lowest BCUT2D eigenvalue weighted by Gasteiger charge is -2.08. The standard InChI is InChI=1S/C13H19N3O2/c1-2-3-7-15-12(17)9-16-11-6-4-5-10(8-11)13(14)18/h4-6,8,16H,2-3,7,9H2,1H3,(H2,14,18)(H,15,17). The molecule has 0 aliphatic carbocycles. The quantitative estimate of drug-likeness (QED) is 0.633. The van der Waals surface area contributed by atoms with Crippen LogP contribution in [0.5, 0.6) is 0 Å². The van der Waals surface area contributed by atoms with Crippen LogP contribution in [0.1, 0.15) is 30.1 Å². The minimum atomic E-state index is -0.481. The van der Waals surface area contributed by atoms with Gasteiger partial charge in [-0.3, -0.25) is 9.59 Å². The fraction of sp³-hybridized carbons (Fsp3) is 0.385. The molecule has 0 aromatic heterocycles. The van der Waals surface area contributed by atoms with Crippen LogP contribution in [-0.2, 0) is 4.79 Å². The summed E-state index contributed by atoms with van der Waals surface area (Å²) < 4.78 is 0. The van der Waals surface area contributed by atoms with Crippen LogP contribution in [0.2, 0.25) is 0 Å². The molecule has 0 spiro atoms. The average Bonchev–Trinajstić information content (AvgIpc) is 2.37. The second-order valence-electron chi connectivity index (χ2n) is 4.00. The number of carbonyl (C=O) groups excluding carboxylic acids is 2. The summed E-state index contributed by atoms with van der Waals surface area (Å²) in [5, 5.41) is 5.74. The first kappa shape index (κ1) is 14.0. The Morgan fingerprint density at radius 3 is 2.78 bits per heavy atom. The largest absolute Gasteiger partial charge is 0.376 e. The van der Waals surface area contributed by atoms with Crippen LogP contribution in [0.4, 0.5) is 5.69 Å². The van der Waals surface area contributed by atoms with Crippen LogP contribution in [0.3, 0.4) is 0 Å². The normalized spacial score (nSPS) is 9.83. The Balaban J connectivity index is 2.41. The molecule has 0 radical (unpaired) electrons. The van der Waals surface area contributed by atoms with Crippen molar-refractivity contribution >= 4 is 17.5 Å². The zero-order valence-electron chi connectivity index (χ0n) is 10.5. The van der Waals surface area contributed by atoms with Crippen LogP contribution in [0.25, 0.3) is 0 Å². The number of rotatable bonds is 7. The third-order valence-electron chi connectivity index (χ3n) is 2.45. The topological polar surface area (TPSA) is 84.2 Å². The predicted molar refractivity (Wildman–Crippen MR) is 71.4 cm³/mol. The van der Waals surface area contributed by atoms with Crippen molar-refractivity contribution in [3.8, 4) is 0 Å². The molecule has 0 heterocycles. The Hall–Kier alpha value is -2.04. The van der Waals surface area contributed by atoms with E-state index >= 15 is 0 Å². The number of benzene rings is 1. The van der Waals surface area contributed by atoms with Gasteiger partial charge in [-0.2, -0.15) is 0 Å². The molecule has 5 heteroatoms. The van der Waals surface area contributed by atoms with Gasteiger partial charge in [0.1, 0.15) is 0 Å². The van der Waals surface area contributed by atoms with Gasteiger partial charge in [-0.1, -0.05) is 19.4 Å². The van der Waals surface area contributed by atoms with Gasteiger partial charge in [0.25, 0.3) is 0 Å². The zero-order valence-corrected chi connectivity index (χ0v) is 10.5. The fourth-order valence-corrected chi connectivity index (χ4v) is 1.43. The molecule has 0 bridgehead atoms. The van der Waals surface area contributed by atoms with E-state index in [9.17, 15) is 9.59 Å². The number of nitrogens with two attached hydrogens (primary N) is 1. The lowest BCUT2D eigenvalue weighted by molar-refractivity contribution is -0.119. The van der Waals surface area contributed by atoms with Gasteiger partial charge in [0.05, 0.1) is 6.54 Å². The van der Waals surface area contributed by atoms with Crippen LogP contribution in [0, 0.1) is 0 Å². The van der Waals surface area contributed by atoms with Crippen molar-refractivity contribution in [1.29, 1.82) is 0 Å². The number of hydrogen-bond donors (Lipinski definition) is 3. The van der Waals surface area contributed by atoms with Crippen LogP contribution in [-0.4, -0.2) is 24.9 Å². The Kier molecular flexibility index (Phi) is 5.70. The molecule has 0 unspecified atom stereocenters. The summed E-state index contributed by atoms with van der Waals surface area (Å²) in [6, 6.07) is 6.76.